The topological polar surface area (TPSA) is 58.5 Å². The Balaban J connectivity index is 1.28. The number of anilines is 1. The number of halogens is 1. The van der Waals surface area contributed by atoms with Crippen LogP contribution in [0.3, 0.4) is 0 Å². The molecule has 1 aliphatic rings. The van der Waals surface area contributed by atoms with Crippen molar-refractivity contribution >= 4 is 28.1 Å². The molecule has 3 heterocycles. The summed E-state index contributed by atoms with van der Waals surface area (Å²) in [5.41, 5.74) is 2.95. The fraction of sp³-hybridized carbons (Fsp3) is 0.263. The molecule has 2 aromatic carbocycles. The monoisotopic (exact) mass is 352 g/mol. The van der Waals surface area contributed by atoms with Gasteiger partial charge in [-0.2, -0.15) is 4.98 Å². The molecule has 1 saturated heterocycles. The van der Waals surface area contributed by atoms with Crippen molar-refractivity contribution in [2.45, 2.75) is 6.54 Å². The fourth-order valence-corrected chi connectivity index (χ4v) is 3.38. The molecule has 1 fully saturated rings. The number of rotatable bonds is 3. The molecule has 0 spiro atoms. The Morgan fingerprint density at radius 1 is 1.00 bits per heavy atom. The number of para-hydroxylation sites is 1. The Bertz CT molecular complexity index is 1070. The second-order valence-corrected chi connectivity index (χ2v) is 6.50. The lowest BCUT2D eigenvalue weighted by molar-refractivity contribution is 0.239. The van der Waals surface area contributed by atoms with E-state index in [-0.39, 0.29) is 5.82 Å². The normalized spacial score (nSPS) is 16.0. The zero-order valence-corrected chi connectivity index (χ0v) is 14.1. The minimum Gasteiger partial charge on any atom is -0.423 e. The molecular formula is C19H17FN4O2. The molecule has 0 amide bonds. The molecule has 4 aromatic rings. The van der Waals surface area contributed by atoms with Gasteiger partial charge in [0.2, 0.25) is 0 Å². The highest BCUT2D eigenvalue weighted by Gasteiger charge is 2.22. The van der Waals surface area contributed by atoms with Gasteiger partial charge in [0.1, 0.15) is 17.0 Å². The summed E-state index contributed by atoms with van der Waals surface area (Å²) < 4.78 is 24.4. The third-order valence-corrected chi connectivity index (χ3v) is 4.81. The first kappa shape index (κ1) is 15.3. The van der Waals surface area contributed by atoms with E-state index in [0.29, 0.717) is 17.1 Å². The Morgan fingerprint density at radius 2 is 1.85 bits per heavy atom. The van der Waals surface area contributed by atoms with E-state index < -0.39 is 0 Å². The number of benzene rings is 2. The summed E-state index contributed by atoms with van der Waals surface area (Å²) in [6.07, 6.45) is 0. The maximum absolute atomic E-state index is 13.3. The second-order valence-electron chi connectivity index (χ2n) is 6.50. The molecule has 5 rings (SSSR count). The number of piperazine rings is 1. The molecule has 0 saturated carbocycles. The van der Waals surface area contributed by atoms with Crippen molar-refractivity contribution in [3.05, 3.63) is 54.0 Å². The predicted octanol–water partition coefficient (Wildman–Crippen LogP) is 3.43. The number of aromatic nitrogens is 2. The summed E-state index contributed by atoms with van der Waals surface area (Å²) in [5.74, 6) is -0.315. The van der Waals surface area contributed by atoms with Crippen LogP contribution in [0.25, 0.3) is 22.1 Å². The van der Waals surface area contributed by atoms with Crippen molar-refractivity contribution in [2.24, 2.45) is 0 Å². The zero-order valence-electron chi connectivity index (χ0n) is 14.1. The Morgan fingerprint density at radius 3 is 2.73 bits per heavy atom. The van der Waals surface area contributed by atoms with Gasteiger partial charge in [0.25, 0.3) is 6.01 Å². The van der Waals surface area contributed by atoms with Crippen molar-refractivity contribution in [1.29, 1.82) is 0 Å². The Labute approximate surface area is 148 Å². The standard InChI is InChI=1S/C19H17FN4O2/c20-13-5-6-15-18(11-13)25-19(21-15)24-9-7-23(8-10-24)12-16-14-3-1-2-4-17(14)26-22-16/h1-6,11H,7-10,12H2. The molecule has 1 aliphatic heterocycles. The maximum Gasteiger partial charge on any atom is 0.298 e. The van der Waals surface area contributed by atoms with Crippen LogP contribution in [0.2, 0.25) is 0 Å². The van der Waals surface area contributed by atoms with Crippen LogP contribution in [0.15, 0.2) is 51.4 Å². The van der Waals surface area contributed by atoms with Gasteiger partial charge in [-0.3, -0.25) is 4.90 Å². The molecule has 26 heavy (non-hydrogen) atoms. The number of fused-ring (bicyclic) bond motifs is 2. The summed E-state index contributed by atoms with van der Waals surface area (Å²) in [4.78, 5) is 8.89. The van der Waals surface area contributed by atoms with Gasteiger partial charge < -0.3 is 13.8 Å². The van der Waals surface area contributed by atoms with Crippen molar-refractivity contribution in [2.75, 3.05) is 31.1 Å². The second kappa shape index (κ2) is 6.10. The quantitative estimate of drug-likeness (QED) is 0.563. The Kier molecular flexibility index (Phi) is 3.60. The maximum atomic E-state index is 13.3. The highest BCUT2D eigenvalue weighted by Crippen LogP contribution is 2.24. The third kappa shape index (κ3) is 2.70. The summed E-state index contributed by atoms with van der Waals surface area (Å²) in [5, 5.41) is 5.27. The van der Waals surface area contributed by atoms with E-state index in [1.54, 1.807) is 6.07 Å². The van der Waals surface area contributed by atoms with E-state index in [1.165, 1.54) is 12.1 Å². The lowest BCUT2D eigenvalue weighted by Gasteiger charge is -2.33. The molecule has 0 bridgehead atoms. The molecular weight excluding hydrogens is 335 g/mol. The molecule has 0 radical (unpaired) electrons. The summed E-state index contributed by atoms with van der Waals surface area (Å²) in [6.45, 7) is 4.09. The van der Waals surface area contributed by atoms with Gasteiger partial charge in [-0.15, -0.1) is 0 Å². The molecule has 2 aromatic heterocycles. The molecule has 0 aliphatic carbocycles. The third-order valence-electron chi connectivity index (χ3n) is 4.81. The highest BCUT2D eigenvalue weighted by molar-refractivity contribution is 5.79. The van der Waals surface area contributed by atoms with Crippen LogP contribution in [0.4, 0.5) is 10.4 Å². The summed E-state index contributed by atoms with van der Waals surface area (Å²) >= 11 is 0. The predicted molar refractivity (Wildman–Crippen MR) is 95.5 cm³/mol. The van der Waals surface area contributed by atoms with Crippen LogP contribution in [0.1, 0.15) is 5.69 Å². The average molecular weight is 352 g/mol. The van der Waals surface area contributed by atoms with Crippen LogP contribution in [-0.4, -0.2) is 41.2 Å². The summed E-state index contributed by atoms with van der Waals surface area (Å²) in [7, 11) is 0. The molecule has 132 valence electrons. The van der Waals surface area contributed by atoms with Gasteiger partial charge in [0, 0.05) is 44.2 Å². The minimum absolute atomic E-state index is 0.315. The molecule has 7 heteroatoms. The van der Waals surface area contributed by atoms with E-state index in [0.717, 1.165) is 49.4 Å². The van der Waals surface area contributed by atoms with Gasteiger partial charge >= 0.3 is 0 Å². The van der Waals surface area contributed by atoms with E-state index >= 15 is 0 Å². The molecule has 6 nitrogen and oxygen atoms in total. The van der Waals surface area contributed by atoms with E-state index in [2.05, 4.69) is 19.9 Å². The minimum atomic E-state index is -0.315. The average Bonchev–Trinajstić information content (AvgIpc) is 3.26. The van der Waals surface area contributed by atoms with Crippen LogP contribution in [-0.2, 0) is 6.54 Å². The van der Waals surface area contributed by atoms with E-state index in [9.17, 15) is 4.39 Å². The first-order valence-corrected chi connectivity index (χ1v) is 8.63. The van der Waals surface area contributed by atoms with Gasteiger partial charge in [-0.25, -0.2) is 4.39 Å². The largest absolute Gasteiger partial charge is 0.423 e. The molecule has 0 atom stereocenters. The van der Waals surface area contributed by atoms with E-state index in [4.69, 9.17) is 8.94 Å². The van der Waals surface area contributed by atoms with Crippen molar-refractivity contribution < 1.29 is 13.3 Å². The lowest BCUT2D eigenvalue weighted by atomic mass is 10.2. The number of hydrogen-bond donors (Lipinski definition) is 0. The van der Waals surface area contributed by atoms with Gasteiger partial charge in [-0.05, 0) is 24.3 Å². The summed E-state index contributed by atoms with van der Waals surface area (Å²) in [6, 6.07) is 12.9. The van der Waals surface area contributed by atoms with Crippen molar-refractivity contribution in [3.8, 4) is 0 Å². The van der Waals surface area contributed by atoms with Crippen LogP contribution >= 0.6 is 0 Å². The number of nitrogens with zero attached hydrogens (tertiary/aromatic N) is 4. The van der Waals surface area contributed by atoms with Crippen molar-refractivity contribution in [3.63, 3.8) is 0 Å². The fourth-order valence-electron chi connectivity index (χ4n) is 3.38. The smallest absolute Gasteiger partial charge is 0.298 e. The SMILES string of the molecule is Fc1ccc2nc(N3CCN(Cc4noc5ccccc45)CC3)oc2c1. The lowest BCUT2D eigenvalue weighted by Crippen LogP contribution is -2.46. The molecule has 0 N–H and O–H groups in total. The Hall–Kier alpha value is -2.93. The van der Waals surface area contributed by atoms with Gasteiger partial charge in [-0.1, -0.05) is 17.3 Å². The van der Waals surface area contributed by atoms with Crippen LogP contribution < -0.4 is 4.90 Å². The van der Waals surface area contributed by atoms with Crippen molar-refractivity contribution in [1.82, 2.24) is 15.0 Å². The van der Waals surface area contributed by atoms with Crippen LogP contribution in [0, 0.1) is 5.82 Å². The number of oxazole rings is 1. The first-order chi connectivity index (χ1) is 12.8. The van der Waals surface area contributed by atoms with Gasteiger partial charge in [0.05, 0.1) is 0 Å². The highest BCUT2D eigenvalue weighted by atomic mass is 19.1. The zero-order chi connectivity index (χ0) is 17.5. The van der Waals surface area contributed by atoms with Gasteiger partial charge in [0.15, 0.2) is 11.2 Å². The number of hydrogen-bond acceptors (Lipinski definition) is 6. The first-order valence-electron chi connectivity index (χ1n) is 8.63. The van der Waals surface area contributed by atoms with E-state index in [1.807, 2.05) is 24.3 Å². The molecule has 0 unspecified atom stereocenters. The van der Waals surface area contributed by atoms with Crippen LogP contribution in [0.5, 0.6) is 0 Å².